The monoisotopic (exact) mass is 196 g/mol. The van der Waals surface area contributed by atoms with Crippen LogP contribution >= 0.6 is 0 Å². The van der Waals surface area contributed by atoms with Gasteiger partial charge in [-0.05, 0) is 18.8 Å². The van der Waals surface area contributed by atoms with Crippen molar-refractivity contribution in [3.63, 3.8) is 0 Å². The van der Waals surface area contributed by atoms with Crippen molar-refractivity contribution < 1.29 is 4.79 Å². The second-order valence-corrected chi connectivity index (χ2v) is 4.80. The van der Waals surface area contributed by atoms with Gasteiger partial charge < -0.3 is 10.2 Å². The summed E-state index contributed by atoms with van der Waals surface area (Å²) in [5.74, 6) is 1.82. The second kappa shape index (κ2) is 4.30. The maximum atomic E-state index is 11.7. The Balaban J connectivity index is 1.85. The fourth-order valence-corrected chi connectivity index (χ4v) is 2.16. The van der Waals surface area contributed by atoms with Gasteiger partial charge in [-0.2, -0.15) is 0 Å². The van der Waals surface area contributed by atoms with Crippen LogP contribution in [-0.4, -0.2) is 37.0 Å². The zero-order chi connectivity index (χ0) is 9.97. The number of rotatable bonds is 2. The van der Waals surface area contributed by atoms with Gasteiger partial charge in [-0.1, -0.05) is 6.92 Å². The Morgan fingerprint density at radius 1 is 1.43 bits per heavy atom. The van der Waals surface area contributed by atoms with Crippen LogP contribution in [0.1, 0.15) is 26.2 Å². The molecule has 0 bridgehead atoms. The Hall–Kier alpha value is -0.570. The van der Waals surface area contributed by atoms with Crippen molar-refractivity contribution in [3.8, 4) is 0 Å². The molecule has 0 aromatic carbocycles. The molecule has 2 fully saturated rings. The van der Waals surface area contributed by atoms with Gasteiger partial charge in [-0.25, -0.2) is 0 Å². The Morgan fingerprint density at radius 3 is 2.86 bits per heavy atom. The minimum absolute atomic E-state index is 0.376. The lowest BCUT2D eigenvalue weighted by Crippen LogP contribution is -2.49. The average molecular weight is 196 g/mol. The van der Waals surface area contributed by atoms with E-state index in [1.54, 1.807) is 0 Å². The van der Waals surface area contributed by atoms with E-state index in [9.17, 15) is 4.79 Å². The van der Waals surface area contributed by atoms with E-state index in [-0.39, 0.29) is 0 Å². The van der Waals surface area contributed by atoms with Crippen molar-refractivity contribution in [3.05, 3.63) is 0 Å². The maximum absolute atomic E-state index is 11.7. The van der Waals surface area contributed by atoms with Crippen molar-refractivity contribution >= 4 is 5.91 Å². The van der Waals surface area contributed by atoms with Crippen LogP contribution in [-0.2, 0) is 4.79 Å². The molecule has 80 valence electrons. The molecule has 0 aliphatic carbocycles. The number of nitrogens with one attached hydrogen (secondary N) is 1. The van der Waals surface area contributed by atoms with Gasteiger partial charge in [0.25, 0.3) is 0 Å². The van der Waals surface area contributed by atoms with Gasteiger partial charge in [0, 0.05) is 38.5 Å². The summed E-state index contributed by atoms with van der Waals surface area (Å²) in [6.07, 6.45) is 3.03. The summed E-state index contributed by atoms with van der Waals surface area (Å²) in [4.78, 5) is 13.8. The molecule has 14 heavy (non-hydrogen) atoms. The van der Waals surface area contributed by atoms with E-state index in [2.05, 4.69) is 17.1 Å². The van der Waals surface area contributed by atoms with Gasteiger partial charge >= 0.3 is 0 Å². The molecule has 1 N–H and O–H groups in total. The van der Waals surface area contributed by atoms with Crippen LogP contribution in [0.4, 0.5) is 0 Å². The first-order valence-electron chi connectivity index (χ1n) is 5.74. The lowest BCUT2D eigenvalue weighted by molar-refractivity contribution is -0.131. The second-order valence-electron chi connectivity index (χ2n) is 4.80. The van der Waals surface area contributed by atoms with Crippen molar-refractivity contribution in [2.45, 2.75) is 26.2 Å². The number of carbonyl (C=O) groups excluding carboxylic acids is 1. The molecular weight excluding hydrogens is 176 g/mol. The predicted molar refractivity (Wildman–Crippen MR) is 56.0 cm³/mol. The van der Waals surface area contributed by atoms with Crippen molar-refractivity contribution in [2.75, 3.05) is 26.2 Å². The molecule has 1 amide bonds. The summed E-state index contributed by atoms with van der Waals surface area (Å²) < 4.78 is 0. The van der Waals surface area contributed by atoms with Crippen molar-refractivity contribution in [2.24, 2.45) is 11.8 Å². The van der Waals surface area contributed by atoms with E-state index >= 15 is 0 Å². The van der Waals surface area contributed by atoms with Crippen LogP contribution in [0.25, 0.3) is 0 Å². The zero-order valence-corrected chi connectivity index (χ0v) is 8.96. The van der Waals surface area contributed by atoms with Gasteiger partial charge in [-0.15, -0.1) is 0 Å². The summed E-state index contributed by atoms with van der Waals surface area (Å²) in [5.41, 5.74) is 0. The van der Waals surface area contributed by atoms with E-state index in [1.807, 2.05) is 0 Å². The highest BCUT2D eigenvalue weighted by molar-refractivity contribution is 5.76. The van der Waals surface area contributed by atoms with Crippen molar-refractivity contribution in [1.29, 1.82) is 0 Å². The minimum atomic E-state index is 0.376. The average Bonchev–Trinajstić information content (AvgIpc) is 2.24. The van der Waals surface area contributed by atoms with Crippen LogP contribution in [0.2, 0.25) is 0 Å². The predicted octanol–water partition coefficient (Wildman–Crippen LogP) is 0.854. The zero-order valence-electron chi connectivity index (χ0n) is 8.96. The highest BCUT2D eigenvalue weighted by Gasteiger charge is 2.25. The van der Waals surface area contributed by atoms with E-state index in [0.29, 0.717) is 11.8 Å². The molecule has 2 aliphatic rings. The minimum Gasteiger partial charge on any atom is -0.342 e. The molecule has 2 rings (SSSR count). The smallest absolute Gasteiger partial charge is 0.222 e. The standard InChI is InChI=1S/C11H20N2O/c1-9-2-3-11(14)13(5-4-9)8-10-6-12-7-10/h9-10,12H,2-8H2,1H3. The molecule has 0 spiro atoms. The molecule has 1 unspecified atom stereocenters. The molecule has 2 aliphatic heterocycles. The van der Waals surface area contributed by atoms with Crippen LogP contribution in [0.5, 0.6) is 0 Å². The van der Waals surface area contributed by atoms with Gasteiger partial charge in [-0.3, -0.25) is 4.79 Å². The first kappa shape index (κ1) is 9.97. The van der Waals surface area contributed by atoms with E-state index < -0.39 is 0 Å². The largest absolute Gasteiger partial charge is 0.342 e. The highest BCUT2D eigenvalue weighted by Crippen LogP contribution is 2.19. The van der Waals surface area contributed by atoms with Crippen LogP contribution in [0, 0.1) is 11.8 Å². The number of nitrogens with zero attached hydrogens (tertiary/aromatic N) is 1. The molecule has 0 aromatic heterocycles. The number of hydrogen-bond acceptors (Lipinski definition) is 2. The highest BCUT2D eigenvalue weighted by atomic mass is 16.2. The molecule has 1 atom stereocenters. The number of amides is 1. The molecule has 3 heteroatoms. The lowest BCUT2D eigenvalue weighted by atomic mass is 10.0. The SMILES string of the molecule is CC1CCC(=O)N(CC2CNC2)CC1. The van der Waals surface area contributed by atoms with Crippen LogP contribution < -0.4 is 5.32 Å². The number of carbonyl (C=O) groups is 1. The Bertz CT molecular complexity index is 213. The fourth-order valence-electron chi connectivity index (χ4n) is 2.16. The van der Waals surface area contributed by atoms with Crippen molar-refractivity contribution in [1.82, 2.24) is 10.2 Å². The fraction of sp³-hybridized carbons (Fsp3) is 0.909. The maximum Gasteiger partial charge on any atom is 0.222 e. The third-order valence-corrected chi connectivity index (χ3v) is 3.44. The topological polar surface area (TPSA) is 32.3 Å². The third-order valence-electron chi connectivity index (χ3n) is 3.44. The summed E-state index contributed by atoms with van der Waals surface area (Å²) in [6.45, 7) is 6.41. The normalized spacial score (nSPS) is 29.9. The first-order valence-corrected chi connectivity index (χ1v) is 5.74. The quantitative estimate of drug-likeness (QED) is 0.710. The Labute approximate surface area is 85.8 Å². The van der Waals surface area contributed by atoms with E-state index in [1.165, 1.54) is 6.42 Å². The number of likely N-dealkylation sites (tertiary alicyclic amines) is 1. The number of hydrogen-bond donors (Lipinski definition) is 1. The molecule has 0 aromatic rings. The summed E-state index contributed by atoms with van der Waals surface area (Å²) >= 11 is 0. The molecule has 0 saturated carbocycles. The summed E-state index contributed by atoms with van der Waals surface area (Å²) in [7, 11) is 0. The molecule has 0 radical (unpaired) electrons. The van der Waals surface area contributed by atoms with Gasteiger partial charge in [0.15, 0.2) is 0 Å². The Kier molecular flexibility index (Phi) is 3.06. The van der Waals surface area contributed by atoms with Gasteiger partial charge in [0.05, 0.1) is 0 Å². The summed E-state index contributed by atoms with van der Waals surface area (Å²) in [6, 6.07) is 0. The molecule has 2 heterocycles. The first-order chi connectivity index (χ1) is 6.75. The van der Waals surface area contributed by atoms with E-state index in [4.69, 9.17) is 0 Å². The molecular formula is C11H20N2O. The van der Waals surface area contributed by atoms with Crippen LogP contribution in [0.3, 0.4) is 0 Å². The Morgan fingerprint density at radius 2 is 2.21 bits per heavy atom. The van der Waals surface area contributed by atoms with Crippen LogP contribution in [0.15, 0.2) is 0 Å². The van der Waals surface area contributed by atoms with E-state index in [0.717, 1.165) is 44.9 Å². The lowest BCUT2D eigenvalue weighted by Gasteiger charge is -2.32. The summed E-state index contributed by atoms with van der Waals surface area (Å²) in [5, 5.41) is 3.25. The molecule has 2 saturated heterocycles. The molecule has 3 nitrogen and oxygen atoms in total. The third kappa shape index (κ3) is 2.27. The van der Waals surface area contributed by atoms with Gasteiger partial charge in [0.2, 0.25) is 5.91 Å². The van der Waals surface area contributed by atoms with Gasteiger partial charge in [0.1, 0.15) is 0 Å².